The van der Waals surface area contributed by atoms with E-state index in [9.17, 15) is 18.0 Å². The minimum absolute atomic E-state index is 0.115. The molecule has 2 aromatic rings. The van der Waals surface area contributed by atoms with E-state index >= 15 is 0 Å². The lowest BCUT2D eigenvalue weighted by Crippen LogP contribution is -2.49. The lowest BCUT2D eigenvalue weighted by Gasteiger charge is -2.31. The molecule has 6 nitrogen and oxygen atoms in total. The molecule has 2 unspecified atom stereocenters. The van der Waals surface area contributed by atoms with Gasteiger partial charge in [0, 0.05) is 6.04 Å². The number of hydrogen-bond acceptors (Lipinski definition) is 4. The molecule has 7 heteroatoms. The Hall–Kier alpha value is -2.51. The number of benzene rings is 2. The number of nitrogens with zero attached hydrogens (tertiary/aromatic N) is 2. The molecule has 0 aromatic heterocycles. The van der Waals surface area contributed by atoms with Gasteiger partial charge in [0.2, 0.25) is 15.9 Å². The van der Waals surface area contributed by atoms with E-state index < -0.39 is 33.9 Å². The highest BCUT2D eigenvalue weighted by atomic mass is 32.2. The van der Waals surface area contributed by atoms with Gasteiger partial charge in [-0.25, -0.2) is 13.3 Å². The number of carbonyl (C=O) groups is 2. The Morgan fingerprint density at radius 2 is 1.59 bits per heavy atom. The van der Waals surface area contributed by atoms with Crippen LogP contribution >= 0.6 is 0 Å². The number of carbonyl (C=O) groups excluding carboxylic acids is 2. The van der Waals surface area contributed by atoms with Crippen molar-refractivity contribution in [1.82, 2.24) is 4.31 Å². The summed E-state index contributed by atoms with van der Waals surface area (Å²) in [5.41, 5.74) is 0.455. The quantitative estimate of drug-likeness (QED) is 0.716. The van der Waals surface area contributed by atoms with Crippen molar-refractivity contribution in [3.05, 3.63) is 60.7 Å². The third-order valence-corrected chi connectivity index (χ3v) is 6.83. The van der Waals surface area contributed by atoms with Crippen LogP contribution in [0.2, 0.25) is 0 Å². The van der Waals surface area contributed by atoms with Crippen LogP contribution in [0.4, 0.5) is 5.69 Å². The van der Waals surface area contributed by atoms with Crippen molar-refractivity contribution < 1.29 is 18.0 Å². The van der Waals surface area contributed by atoms with Crippen molar-refractivity contribution in [3.8, 4) is 0 Å². The molecule has 0 aliphatic carbocycles. The Kier molecular flexibility index (Phi) is 5.43. The molecule has 142 valence electrons. The van der Waals surface area contributed by atoms with E-state index in [1.54, 1.807) is 55.5 Å². The average Bonchev–Trinajstić information content (AvgIpc) is 2.96. The summed E-state index contributed by atoms with van der Waals surface area (Å²) in [5, 5.41) is 0. The second kappa shape index (κ2) is 7.62. The maximum atomic E-state index is 13.3. The van der Waals surface area contributed by atoms with Crippen LogP contribution in [0.25, 0.3) is 0 Å². The molecule has 1 aliphatic heterocycles. The molecule has 0 bridgehead atoms. The largest absolute Gasteiger partial charge is 0.274 e. The molecule has 1 saturated heterocycles. The first kappa shape index (κ1) is 19.3. The summed E-state index contributed by atoms with van der Waals surface area (Å²) in [6.45, 7) is 3.61. The second-order valence-corrected chi connectivity index (χ2v) is 8.37. The highest BCUT2D eigenvalue weighted by Crippen LogP contribution is 2.31. The van der Waals surface area contributed by atoms with Crippen LogP contribution in [-0.2, 0) is 19.6 Å². The first-order valence-electron chi connectivity index (χ1n) is 8.88. The van der Waals surface area contributed by atoms with Gasteiger partial charge in [-0.2, -0.15) is 4.31 Å². The van der Waals surface area contributed by atoms with Crippen molar-refractivity contribution in [2.75, 3.05) is 4.90 Å². The number of hydrogen-bond donors (Lipinski definition) is 0. The van der Waals surface area contributed by atoms with Gasteiger partial charge in [-0.3, -0.25) is 9.59 Å². The molecular formula is C20H22N2O4S. The maximum absolute atomic E-state index is 13.3. The summed E-state index contributed by atoms with van der Waals surface area (Å²) < 4.78 is 27.7. The average molecular weight is 386 g/mol. The summed E-state index contributed by atoms with van der Waals surface area (Å²) in [7, 11) is -3.92. The first-order chi connectivity index (χ1) is 12.9. The minimum Gasteiger partial charge on any atom is -0.274 e. The molecule has 3 rings (SSSR count). The number of para-hydroxylation sites is 1. The van der Waals surface area contributed by atoms with E-state index in [0.29, 0.717) is 12.1 Å². The maximum Gasteiger partial charge on any atom is 0.252 e. The second-order valence-electron chi connectivity index (χ2n) is 6.53. The summed E-state index contributed by atoms with van der Waals surface area (Å²) in [6, 6.07) is 15.1. The van der Waals surface area contributed by atoms with Crippen LogP contribution in [0.5, 0.6) is 0 Å². The third kappa shape index (κ3) is 3.52. The summed E-state index contributed by atoms with van der Waals surface area (Å²) in [5.74, 6) is -0.904. The van der Waals surface area contributed by atoms with Gasteiger partial charge < -0.3 is 0 Å². The topological polar surface area (TPSA) is 74.8 Å². The van der Waals surface area contributed by atoms with Crippen LogP contribution in [0.15, 0.2) is 65.6 Å². The SMILES string of the molecule is CCC(C)N(C1CC(=O)N(c2ccccc2)C1=O)S(=O)(=O)c1ccccc1. The lowest BCUT2D eigenvalue weighted by atomic mass is 10.2. The third-order valence-electron chi connectivity index (χ3n) is 4.79. The van der Waals surface area contributed by atoms with E-state index in [1.165, 1.54) is 16.4 Å². The predicted octanol–water partition coefficient (Wildman–Crippen LogP) is 2.81. The van der Waals surface area contributed by atoms with Gasteiger partial charge in [-0.1, -0.05) is 43.3 Å². The fourth-order valence-electron chi connectivity index (χ4n) is 3.27. The van der Waals surface area contributed by atoms with Gasteiger partial charge in [0.05, 0.1) is 17.0 Å². The van der Waals surface area contributed by atoms with Crippen molar-refractivity contribution in [1.29, 1.82) is 0 Å². The molecule has 2 aromatic carbocycles. The van der Waals surface area contributed by atoms with Crippen molar-refractivity contribution in [2.24, 2.45) is 0 Å². The Morgan fingerprint density at radius 3 is 2.15 bits per heavy atom. The summed E-state index contributed by atoms with van der Waals surface area (Å²) in [4.78, 5) is 26.8. The highest BCUT2D eigenvalue weighted by Gasteiger charge is 2.48. The first-order valence-corrected chi connectivity index (χ1v) is 10.3. The fraction of sp³-hybridized carbons (Fsp3) is 0.300. The number of rotatable bonds is 6. The molecule has 1 aliphatic rings. The van der Waals surface area contributed by atoms with E-state index in [1.807, 2.05) is 6.92 Å². The van der Waals surface area contributed by atoms with E-state index in [4.69, 9.17) is 0 Å². The van der Waals surface area contributed by atoms with E-state index in [0.717, 1.165) is 4.90 Å². The number of anilines is 1. The number of imide groups is 1. The number of amides is 2. The lowest BCUT2D eigenvalue weighted by molar-refractivity contribution is -0.122. The molecule has 0 radical (unpaired) electrons. The van der Waals surface area contributed by atoms with Crippen molar-refractivity contribution in [2.45, 2.75) is 43.7 Å². The van der Waals surface area contributed by atoms with Gasteiger partial charge in [-0.05, 0) is 37.6 Å². The Labute approximate surface area is 159 Å². The Balaban J connectivity index is 2.02. The van der Waals surface area contributed by atoms with Crippen LogP contribution in [0, 0.1) is 0 Å². The standard InChI is InChI=1S/C20H22N2O4S/c1-3-15(2)22(27(25,26)17-12-8-5-9-13-17)18-14-19(23)21(20(18)24)16-10-6-4-7-11-16/h4-13,15,18H,3,14H2,1-2H3. The van der Waals surface area contributed by atoms with E-state index in [-0.39, 0.29) is 11.3 Å². The van der Waals surface area contributed by atoms with Gasteiger partial charge >= 0.3 is 0 Å². The zero-order valence-corrected chi connectivity index (χ0v) is 16.1. The Morgan fingerprint density at radius 1 is 1.04 bits per heavy atom. The molecular weight excluding hydrogens is 364 g/mol. The molecule has 27 heavy (non-hydrogen) atoms. The summed E-state index contributed by atoms with van der Waals surface area (Å²) in [6.07, 6.45) is 0.361. The van der Waals surface area contributed by atoms with Crippen molar-refractivity contribution in [3.63, 3.8) is 0 Å². The minimum atomic E-state index is -3.92. The van der Waals surface area contributed by atoms with Crippen molar-refractivity contribution >= 4 is 27.5 Å². The van der Waals surface area contributed by atoms with Gasteiger partial charge in [-0.15, -0.1) is 0 Å². The smallest absolute Gasteiger partial charge is 0.252 e. The molecule has 0 spiro atoms. The summed E-state index contributed by atoms with van der Waals surface area (Å²) >= 11 is 0. The zero-order valence-electron chi connectivity index (χ0n) is 15.3. The molecule has 2 atom stereocenters. The van der Waals surface area contributed by atoms with Crippen LogP contribution in [-0.4, -0.2) is 36.6 Å². The van der Waals surface area contributed by atoms with Gasteiger partial charge in [0.25, 0.3) is 5.91 Å². The van der Waals surface area contributed by atoms with Gasteiger partial charge in [0.15, 0.2) is 0 Å². The Bertz CT molecular complexity index is 929. The van der Waals surface area contributed by atoms with Gasteiger partial charge in [0.1, 0.15) is 6.04 Å². The number of sulfonamides is 1. The fourth-order valence-corrected chi connectivity index (χ4v) is 5.14. The van der Waals surface area contributed by atoms with Crippen LogP contribution < -0.4 is 4.90 Å². The molecule has 1 heterocycles. The molecule has 2 amide bonds. The molecule has 0 N–H and O–H groups in total. The monoisotopic (exact) mass is 386 g/mol. The highest BCUT2D eigenvalue weighted by molar-refractivity contribution is 7.89. The van der Waals surface area contributed by atoms with Crippen LogP contribution in [0.3, 0.4) is 0 Å². The van der Waals surface area contributed by atoms with Crippen LogP contribution in [0.1, 0.15) is 26.7 Å². The molecule has 1 fully saturated rings. The molecule has 0 saturated carbocycles. The normalized spacial score (nSPS) is 18.9. The zero-order chi connectivity index (χ0) is 19.6. The predicted molar refractivity (Wildman–Crippen MR) is 103 cm³/mol. The van der Waals surface area contributed by atoms with E-state index in [2.05, 4.69) is 0 Å².